The van der Waals surface area contributed by atoms with Crippen molar-refractivity contribution in [1.82, 2.24) is 14.5 Å². The normalized spacial score (nSPS) is 20.0. The number of carbonyl (C=O) groups is 1. The zero-order valence-corrected chi connectivity index (χ0v) is 17.0. The van der Waals surface area contributed by atoms with Gasteiger partial charge in [0, 0.05) is 32.2 Å². The third-order valence-electron chi connectivity index (χ3n) is 5.52. The third kappa shape index (κ3) is 5.30. The van der Waals surface area contributed by atoms with Crippen LogP contribution in [0.25, 0.3) is 0 Å². The fourth-order valence-corrected chi connectivity index (χ4v) is 5.36. The molecule has 150 valence electrons. The van der Waals surface area contributed by atoms with Crippen molar-refractivity contribution in [2.24, 2.45) is 0 Å². The van der Waals surface area contributed by atoms with E-state index >= 15 is 0 Å². The van der Waals surface area contributed by atoms with Gasteiger partial charge in [-0.3, -0.25) is 9.69 Å². The van der Waals surface area contributed by atoms with E-state index in [9.17, 15) is 13.2 Å². The van der Waals surface area contributed by atoms with E-state index in [1.807, 2.05) is 17.0 Å². The predicted molar refractivity (Wildman–Crippen MR) is 106 cm³/mol. The molecule has 0 atom stereocenters. The summed E-state index contributed by atoms with van der Waals surface area (Å²) in [6, 6.07) is 7.55. The van der Waals surface area contributed by atoms with Crippen molar-refractivity contribution in [2.75, 3.05) is 32.7 Å². The fraction of sp³-hybridized carbons (Fsp3) is 0.650. The summed E-state index contributed by atoms with van der Waals surface area (Å²) in [5, 5.41) is 3.10. The van der Waals surface area contributed by atoms with Crippen molar-refractivity contribution in [3.05, 3.63) is 29.8 Å². The summed E-state index contributed by atoms with van der Waals surface area (Å²) >= 11 is 0. The van der Waals surface area contributed by atoms with Crippen LogP contribution in [-0.4, -0.2) is 62.3 Å². The molecular formula is C20H31N3O3S. The Hall–Kier alpha value is -1.44. The molecular weight excluding hydrogens is 362 g/mol. The lowest BCUT2D eigenvalue weighted by Gasteiger charge is -2.33. The molecule has 1 aliphatic heterocycles. The van der Waals surface area contributed by atoms with Gasteiger partial charge in [-0.15, -0.1) is 0 Å². The van der Waals surface area contributed by atoms with Crippen molar-refractivity contribution in [1.29, 1.82) is 0 Å². The Labute approximate surface area is 163 Å². The number of nitrogens with one attached hydrogen (secondary N) is 1. The molecule has 6 nitrogen and oxygen atoms in total. The molecule has 7 heteroatoms. The Balaban J connectivity index is 1.50. The maximum absolute atomic E-state index is 12.8. The fourth-order valence-electron chi connectivity index (χ4n) is 3.94. The summed E-state index contributed by atoms with van der Waals surface area (Å²) in [5.74, 6) is 0.0599. The Bertz CT molecular complexity index is 719. The molecule has 27 heavy (non-hydrogen) atoms. The van der Waals surface area contributed by atoms with Gasteiger partial charge in [-0.1, -0.05) is 38.3 Å². The molecule has 1 aromatic carbocycles. The van der Waals surface area contributed by atoms with Crippen LogP contribution in [0.4, 0.5) is 0 Å². The molecule has 2 aliphatic rings. The van der Waals surface area contributed by atoms with Crippen molar-refractivity contribution in [2.45, 2.75) is 56.4 Å². The Kier molecular flexibility index (Phi) is 6.89. The number of hydrogen-bond donors (Lipinski definition) is 1. The molecule has 0 spiro atoms. The van der Waals surface area contributed by atoms with E-state index in [1.165, 1.54) is 17.1 Å². The van der Waals surface area contributed by atoms with Gasteiger partial charge in [0.1, 0.15) is 0 Å². The number of aryl methyl sites for hydroxylation is 1. The standard InChI is InChI=1S/C20H31N3O3S/c1-2-5-17-8-10-19(11-9-17)27(25,26)23-14-12-22(13-15-23)16-20(24)21-18-6-3-4-7-18/h8-11,18H,2-7,12-16H2,1H3,(H,21,24). The van der Waals surface area contributed by atoms with Gasteiger partial charge in [0.25, 0.3) is 0 Å². The van der Waals surface area contributed by atoms with Gasteiger partial charge >= 0.3 is 0 Å². The smallest absolute Gasteiger partial charge is 0.243 e. The molecule has 0 bridgehead atoms. The third-order valence-corrected chi connectivity index (χ3v) is 7.43. The predicted octanol–water partition coefficient (Wildman–Crippen LogP) is 2.00. The topological polar surface area (TPSA) is 69.7 Å². The molecule has 3 rings (SSSR count). The maximum Gasteiger partial charge on any atom is 0.243 e. The highest BCUT2D eigenvalue weighted by Crippen LogP contribution is 2.19. The number of piperazine rings is 1. The van der Waals surface area contributed by atoms with Crippen LogP contribution in [0, 0.1) is 0 Å². The molecule has 1 amide bonds. The summed E-state index contributed by atoms with van der Waals surface area (Å²) in [6.07, 6.45) is 6.55. The van der Waals surface area contributed by atoms with Gasteiger partial charge in [0.2, 0.25) is 15.9 Å². The summed E-state index contributed by atoms with van der Waals surface area (Å²) in [7, 11) is -3.46. The highest BCUT2D eigenvalue weighted by molar-refractivity contribution is 7.89. The van der Waals surface area contributed by atoms with Crippen LogP contribution < -0.4 is 5.32 Å². The maximum atomic E-state index is 12.8. The van der Waals surface area contributed by atoms with Crippen LogP contribution in [0.1, 0.15) is 44.6 Å². The average molecular weight is 394 g/mol. The summed E-state index contributed by atoms with van der Waals surface area (Å²) in [4.78, 5) is 14.6. The van der Waals surface area contributed by atoms with E-state index in [1.54, 1.807) is 12.1 Å². The van der Waals surface area contributed by atoms with E-state index in [0.29, 0.717) is 43.7 Å². The second-order valence-corrected chi connectivity index (χ2v) is 9.56. The molecule has 0 unspecified atom stereocenters. The van der Waals surface area contributed by atoms with Gasteiger partial charge < -0.3 is 5.32 Å². The molecule has 1 N–H and O–H groups in total. The number of amides is 1. The zero-order valence-electron chi connectivity index (χ0n) is 16.2. The molecule has 0 radical (unpaired) electrons. The van der Waals surface area contributed by atoms with E-state index in [4.69, 9.17) is 0 Å². The van der Waals surface area contributed by atoms with E-state index < -0.39 is 10.0 Å². The Morgan fingerprint density at radius 3 is 2.30 bits per heavy atom. The molecule has 1 aromatic rings. The molecule has 1 saturated heterocycles. The number of hydrogen-bond acceptors (Lipinski definition) is 4. The van der Waals surface area contributed by atoms with E-state index in [2.05, 4.69) is 12.2 Å². The summed E-state index contributed by atoms with van der Waals surface area (Å²) < 4.78 is 27.2. The molecule has 1 saturated carbocycles. The molecule has 0 aromatic heterocycles. The largest absolute Gasteiger partial charge is 0.352 e. The first-order valence-electron chi connectivity index (χ1n) is 10.1. The van der Waals surface area contributed by atoms with Gasteiger partial charge in [-0.05, 0) is 37.0 Å². The van der Waals surface area contributed by atoms with Crippen molar-refractivity contribution < 1.29 is 13.2 Å². The number of benzene rings is 1. The summed E-state index contributed by atoms with van der Waals surface area (Å²) in [6.45, 7) is 4.50. The highest BCUT2D eigenvalue weighted by atomic mass is 32.2. The van der Waals surface area contributed by atoms with Gasteiger partial charge in [0.15, 0.2) is 0 Å². The van der Waals surface area contributed by atoms with Crippen molar-refractivity contribution in [3.63, 3.8) is 0 Å². The zero-order chi connectivity index (χ0) is 19.3. The lowest BCUT2D eigenvalue weighted by atomic mass is 10.1. The number of nitrogens with zero attached hydrogens (tertiary/aromatic N) is 2. The lowest BCUT2D eigenvalue weighted by molar-refractivity contribution is -0.123. The summed E-state index contributed by atoms with van der Waals surface area (Å²) in [5.41, 5.74) is 1.16. The quantitative estimate of drug-likeness (QED) is 0.769. The van der Waals surface area contributed by atoms with Crippen molar-refractivity contribution >= 4 is 15.9 Å². The Morgan fingerprint density at radius 2 is 1.70 bits per heavy atom. The minimum absolute atomic E-state index is 0.0599. The monoisotopic (exact) mass is 393 g/mol. The van der Waals surface area contributed by atoms with E-state index in [-0.39, 0.29) is 5.91 Å². The van der Waals surface area contributed by atoms with Gasteiger partial charge in [-0.2, -0.15) is 4.31 Å². The highest BCUT2D eigenvalue weighted by Gasteiger charge is 2.29. The number of rotatable bonds is 7. The first-order valence-corrected chi connectivity index (χ1v) is 11.5. The second kappa shape index (κ2) is 9.17. The van der Waals surface area contributed by atoms with Crippen LogP contribution in [0.15, 0.2) is 29.2 Å². The van der Waals surface area contributed by atoms with Crippen LogP contribution in [-0.2, 0) is 21.2 Å². The van der Waals surface area contributed by atoms with Crippen LogP contribution in [0.2, 0.25) is 0 Å². The number of sulfonamides is 1. The van der Waals surface area contributed by atoms with Gasteiger partial charge in [-0.25, -0.2) is 8.42 Å². The average Bonchev–Trinajstić information content (AvgIpc) is 3.16. The minimum atomic E-state index is -3.46. The number of carbonyl (C=O) groups excluding carboxylic acids is 1. The SMILES string of the molecule is CCCc1ccc(S(=O)(=O)N2CCN(CC(=O)NC3CCCC3)CC2)cc1. The van der Waals surface area contributed by atoms with Crippen LogP contribution in [0.3, 0.4) is 0 Å². The minimum Gasteiger partial charge on any atom is -0.352 e. The van der Waals surface area contributed by atoms with Crippen LogP contribution in [0.5, 0.6) is 0 Å². The first-order chi connectivity index (χ1) is 13.0. The Morgan fingerprint density at radius 1 is 1.07 bits per heavy atom. The molecule has 2 fully saturated rings. The molecule has 1 heterocycles. The second-order valence-electron chi connectivity index (χ2n) is 7.62. The molecule has 1 aliphatic carbocycles. The van der Waals surface area contributed by atoms with E-state index in [0.717, 1.165) is 31.2 Å². The van der Waals surface area contributed by atoms with Gasteiger partial charge in [0.05, 0.1) is 11.4 Å². The van der Waals surface area contributed by atoms with Crippen LogP contribution >= 0.6 is 0 Å². The first kappa shape index (κ1) is 20.3. The lowest BCUT2D eigenvalue weighted by Crippen LogP contribution is -2.51. The van der Waals surface area contributed by atoms with Crippen molar-refractivity contribution in [3.8, 4) is 0 Å².